The molecule has 2 saturated heterocycles. The second-order valence-corrected chi connectivity index (χ2v) is 9.76. The largest absolute Gasteiger partial charge is 0.417 e. The van der Waals surface area contributed by atoms with Gasteiger partial charge >= 0.3 is 6.18 Å². The van der Waals surface area contributed by atoms with Gasteiger partial charge in [-0.2, -0.15) is 18.4 Å². The quantitative estimate of drug-likeness (QED) is 0.594. The molecule has 0 aliphatic carbocycles. The van der Waals surface area contributed by atoms with Gasteiger partial charge in [0.15, 0.2) is 0 Å². The predicted molar refractivity (Wildman–Crippen MR) is 136 cm³/mol. The molecular weight excluding hydrogens is 481 g/mol. The zero-order valence-corrected chi connectivity index (χ0v) is 21.1. The molecule has 1 amide bonds. The number of nitriles is 1. The molecule has 0 unspecified atom stereocenters. The van der Waals surface area contributed by atoms with Crippen LogP contribution in [0.25, 0.3) is 0 Å². The number of hydrogen-bond acceptors (Lipinski definition) is 6. The highest BCUT2D eigenvalue weighted by Crippen LogP contribution is 2.34. The number of benzene rings is 1. The maximum Gasteiger partial charge on any atom is 0.417 e. The molecule has 37 heavy (non-hydrogen) atoms. The SMILES string of the molecule is Cc1ccc(N2CCN(CCCC(=O)N3CCC(Nc4ccc(C#N)c(C(F)(F)F)c4)CC3)CC2)cn1. The van der Waals surface area contributed by atoms with E-state index in [0.717, 1.165) is 56.6 Å². The summed E-state index contributed by atoms with van der Waals surface area (Å²) >= 11 is 0. The van der Waals surface area contributed by atoms with Crippen molar-refractivity contribution in [1.82, 2.24) is 14.8 Å². The minimum atomic E-state index is -4.58. The number of likely N-dealkylation sites (tertiary alicyclic amines) is 1. The lowest BCUT2D eigenvalue weighted by atomic mass is 10.0. The Morgan fingerprint density at radius 1 is 1.11 bits per heavy atom. The fourth-order valence-corrected chi connectivity index (χ4v) is 4.96. The summed E-state index contributed by atoms with van der Waals surface area (Å²) in [6.07, 6.45) is 0.00234. The van der Waals surface area contributed by atoms with Crippen LogP contribution in [0.15, 0.2) is 36.5 Å². The summed E-state index contributed by atoms with van der Waals surface area (Å²) < 4.78 is 39.7. The summed E-state index contributed by atoms with van der Waals surface area (Å²) in [7, 11) is 0. The highest BCUT2D eigenvalue weighted by molar-refractivity contribution is 5.76. The number of carbonyl (C=O) groups is 1. The average molecular weight is 515 g/mol. The lowest BCUT2D eigenvalue weighted by molar-refractivity contribution is -0.137. The van der Waals surface area contributed by atoms with E-state index in [4.69, 9.17) is 5.26 Å². The maximum atomic E-state index is 13.2. The molecular formula is C27H33F3N6O. The first-order valence-electron chi connectivity index (χ1n) is 12.8. The number of rotatable bonds is 7. The van der Waals surface area contributed by atoms with Crippen LogP contribution in [0.2, 0.25) is 0 Å². The van der Waals surface area contributed by atoms with Gasteiger partial charge in [0, 0.05) is 63.1 Å². The molecule has 0 bridgehead atoms. The van der Waals surface area contributed by atoms with Crippen molar-refractivity contribution in [2.24, 2.45) is 0 Å². The standard InChI is InChI=1S/C27H33F3N6O/c1-20-4-7-24(19-32-20)35-15-13-34(14-16-35)10-2-3-26(37)36-11-8-22(9-12-36)33-23-6-5-21(18-31)25(17-23)27(28,29)30/h4-7,17,19,22,33H,2-3,8-16H2,1H3. The van der Waals surface area contributed by atoms with Crippen LogP contribution in [0.1, 0.15) is 42.5 Å². The summed E-state index contributed by atoms with van der Waals surface area (Å²) in [5, 5.41) is 12.1. The molecule has 2 aliphatic heterocycles. The molecule has 4 rings (SSSR count). The number of anilines is 2. The van der Waals surface area contributed by atoms with Crippen LogP contribution in [0.4, 0.5) is 24.5 Å². The molecule has 2 fully saturated rings. The van der Waals surface area contributed by atoms with E-state index < -0.39 is 11.7 Å². The van der Waals surface area contributed by atoms with Crippen LogP contribution >= 0.6 is 0 Å². The molecule has 0 atom stereocenters. The lowest BCUT2D eigenvalue weighted by Gasteiger charge is -2.36. The average Bonchev–Trinajstić information content (AvgIpc) is 2.89. The van der Waals surface area contributed by atoms with Crippen molar-refractivity contribution in [2.45, 2.75) is 44.8 Å². The Balaban J connectivity index is 1.16. The van der Waals surface area contributed by atoms with Gasteiger partial charge in [0.2, 0.25) is 5.91 Å². The summed E-state index contributed by atoms with van der Waals surface area (Å²) in [6.45, 7) is 7.87. The summed E-state index contributed by atoms with van der Waals surface area (Å²) in [5.41, 5.74) is 1.19. The van der Waals surface area contributed by atoms with Gasteiger partial charge < -0.3 is 15.1 Å². The van der Waals surface area contributed by atoms with Crippen LogP contribution in [0.5, 0.6) is 0 Å². The van der Waals surface area contributed by atoms with Gasteiger partial charge in [0.05, 0.1) is 29.1 Å². The Morgan fingerprint density at radius 3 is 2.46 bits per heavy atom. The van der Waals surface area contributed by atoms with Gasteiger partial charge in [-0.05, 0) is 63.1 Å². The fraction of sp³-hybridized carbons (Fsp3) is 0.519. The van der Waals surface area contributed by atoms with Crippen LogP contribution in [-0.4, -0.2) is 72.5 Å². The second-order valence-electron chi connectivity index (χ2n) is 9.76. The third-order valence-corrected chi connectivity index (χ3v) is 7.16. The fourth-order valence-electron chi connectivity index (χ4n) is 4.96. The van der Waals surface area contributed by atoms with Gasteiger partial charge in [-0.15, -0.1) is 0 Å². The van der Waals surface area contributed by atoms with E-state index in [1.54, 1.807) is 6.07 Å². The maximum absolute atomic E-state index is 13.2. The summed E-state index contributed by atoms with van der Waals surface area (Å²) in [4.78, 5) is 23.7. The lowest BCUT2D eigenvalue weighted by Crippen LogP contribution is -2.47. The first-order chi connectivity index (χ1) is 17.7. The minimum Gasteiger partial charge on any atom is -0.382 e. The van der Waals surface area contributed by atoms with Crippen molar-refractivity contribution < 1.29 is 18.0 Å². The summed E-state index contributed by atoms with van der Waals surface area (Å²) in [6, 6.07) is 9.42. The van der Waals surface area contributed by atoms with E-state index in [0.29, 0.717) is 38.0 Å². The minimum absolute atomic E-state index is 0.0157. The second kappa shape index (κ2) is 11.8. The molecule has 7 nitrogen and oxygen atoms in total. The first kappa shape index (κ1) is 26.7. The summed E-state index contributed by atoms with van der Waals surface area (Å²) in [5.74, 6) is 0.139. The number of aryl methyl sites for hydroxylation is 1. The molecule has 3 heterocycles. The van der Waals surface area contributed by atoms with Crippen molar-refractivity contribution in [2.75, 3.05) is 56.0 Å². The number of piperazine rings is 1. The number of piperidine rings is 1. The predicted octanol–water partition coefficient (Wildman–Crippen LogP) is 4.29. The number of amides is 1. The van der Waals surface area contributed by atoms with Crippen molar-refractivity contribution in [3.63, 3.8) is 0 Å². The van der Waals surface area contributed by atoms with E-state index in [2.05, 4.69) is 26.2 Å². The Labute approximate surface area is 215 Å². The number of aromatic nitrogens is 1. The highest BCUT2D eigenvalue weighted by Gasteiger charge is 2.34. The van der Waals surface area contributed by atoms with Crippen molar-refractivity contribution >= 4 is 17.3 Å². The molecule has 1 aromatic heterocycles. The van der Waals surface area contributed by atoms with E-state index in [1.165, 1.54) is 12.1 Å². The van der Waals surface area contributed by atoms with Crippen LogP contribution in [0.3, 0.4) is 0 Å². The molecule has 2 aromatic rings. The van der Waals surface area contributed by atoms with E-state index in [1.807, 2.05) is 24.1 Å². The number of nitrogens with one attached hydrogen (secondary N) is 1. The number of pyridine rings is 1. The van der Waals surface area contributed by atoms with Crippen molar-refractivity contribution in [3.8, 4) is 6.07 Å². The number of carbonyl (C=O) groups excluding carboxylic acids is 1. The zero-order valence-electron chi connectivity index (χ0n) is 21.1. The molecule has 0 saturated carbocycles. The highest BCUT2D eigenvalue weighted by atomic mass is 19.4. The van der Waals surface area contributed by atoms with Gasteiger partial charge in [0.25, 0.3) is 0 Å². The van der Waals surface area contributed by atoms with Crippen LogP contribution in [-0.2, 0) is 11.0 Å². The van der Waals surface area contributed by atoms with Gasteiger partial charge in [-0.25, -0.2) is 0 Å². The van der Waals surface area contributed by atoms with E-state index in [-0.39, 0.29) is 17.5 Å². The molecule has 10 heteroatoms. The molecule has 0 radical (unpaired) electrons. The Kier molecular flexibility index (Phi) is 8.54. The Bertz CT molecular complexity index is 1100. The third-order valence-electron chi connectivity index (χ3n) is 7.16. The Morgan fingerprint density at radius 2 is 1.84 bits per heavy atom. The van der Waals surface area contributed by atoms with Gasteiger partial charge in [-0.1, -0.05) is 0 Å². The van der Waals surface area contributed by atoms with E-state index >= 15 is 0 Å². The topological polar surface area (TPSA) is 75.5 Å². The van der Waals surface area contributed by atoms with Crippen LogP contribution in [0, 0.1) is 18.3 Å². The normalized spacial score (nSPS) is 17.5. The van der Waals surface area contributed by atoms with E-state index in [9.17, 15) is 18.0 Å². The molecule has 0 spiro atoms. The molecule has 1 N–H and O–H groups in total. The smallest absolute Gasteiger partial charge is 0.382 e. The zero-order chi connectivity index (χ0) is 26.4. The molecule has 198 valence electrons. The monoisotopic (exact) mass is 514 g/mol. The number of halogens is 3. The Hall–Kier alpha value is -3.32. The molecule has 2 aliphatic rings. The van der Waals surface area contributed by atoms with Crippen LogP contribution < -0.4 is 10.2 Å². The third kappa shape index (κ3) is 7.13. The van der Waals surface area contributed by atoms with Gasteiger partial charge in [-0.3, -0.25) is 14.7 Å². The number of hydrogen-bond donors (Lipinski definition) is 1. The van der Waals surface area contributed by atoms with Crippen molar-refractivity contribution in [3.05, 3.63) is 53.3 Å². The number of nitrogens with zero attached hydrogens (tertiary/aromatic N) is 5. The van der Waals surface area contributed by atoms with Crippen molar-refractivity contribution in [1.29, 1.82) is 5.26 Å². The first-order valence-corrected chi connectivity index (χ1v) is 12.8. The number of alkyl halides is 3. The van der Waals surface area contributed by atoms with Gasteiger partial charge in [0.1, 0.15) is 0 Å². The molecule has 1 aromatic carbocycles.